The molecule has 0 aliphatic carbocycles. The fraction of sp³-hybridized carbons (Fsp3) is 0.417. The Kier molecular flexibility index (Phi) is 7.06. The molecule has 0 heterocycles. The molecule has 2 aromatic rings. The molecule has 0 atom stereocenters. The van der Waals surface area contributed by atoms with Gasteiger partial charge in [0.15, 0.2) is 11.5 Å². The molecule has 0 amide bonds. The fourth-order valence-corrected chi connectivity index (χ4v) is 4.26. The summed E-state index contributed by atoms with van der Waals surface area (Å²) in [6.07, 6.45) is 4.20. The summed E-state index contributed by atoms with van der Waals surface area (Å²) < 4.78 is 22.4. The van der Waals surface area contributed by atoms with Crippen molar-refractivity contribution in [3.63, 3.8) is 0 Å². The lowest BCUT2D eigenvalue weighted by Gasteiger charge is -2.29. The van der Waals surface area contributed by atoms with E-state index in [-0.39, 0.29) is 5.41 Å². The third-order valence-electron chi connectivity index (χ3n) is 5.46. The Morgan fingerprint density at radius 2 is 1.31 bits per heavy atom. The molecule has 2 aromatic carbocycles. The van der Waals surface area contributed by atoms with Gasteiger partial charge < -0.3 is 18.6 Å². The van der Waals surface area contributed by atoms with Crippen LogP contribution in [0.1, 0.15) is 54.2 Å². The van der Waals surface area contributed by atoms with Crippen LogP contribution < -0.4 is 18.6 Å². The summed E-state index contributed by atoms with van der Waals surface area (Å²) in [4.78, 5) is 0. The summed E-state index contributed by atoms with van der Waals surface area (Å²) >= 11 is 0. The minimum atomic E-state index is -0.00255. The second-order valence-electron chi connectivity index (χ2n) is 8.24. The minimum Gasteiger partial charge on any atom is -0.553 e. The first-order valence-electron chi connectivity index (χ1n) is 9.76. The lowest BCUT2D eigenvalue weighted by molar-refractivity contribution is 0.324. The first kappa shape index (κ1) is 22.9. The summed E-state index contributed by atoms with van der Waals surface area (Å²) in [5, 5.41) is 0. The fourth-order valence-electron chi connectivity index (χ4n) is 3.84. The highest BCUT2D eigenvalue weighted by Crippen LogP contribution is 2.42. The van der Waals surface area contributed by atoms with Gasteiger partial charge >= 0.3 is 0 Å². The molecule has 0 saturated carbocycles. The summed E-state index contributed by atoms with van der Waals surface area (Å²) in [5.74, 6) is 2.86. The quantitative estimate of drug-likeness (QED) is 0.504. The van der Waals surface area contributed by atoms with Crippen LogP contribution in [0.5, 0.6) is 23.0 Å². The maximum atomic E-state index is 6.05. The molecule has 5 heteroatoms. The summed E-state index contributed by atoms with van der Waals surface area (Å²) in [7, 11) is 5.50. The molecule has 2 rings (SSSR count). The van der Waals surface area contributed by atoms with Crippen molar-refractivity contribution in [2.45, 2.75) is 47.0 Å². The normalized spacial score (nSPS) is 11.8. The predicted octanol–water partition coefficient (Wildman–Crippen LogP) is 4.76. The lowest BCUT2D eigenvalue weighted by atomic mass is 9.79. The van der Waals surface area contributed by atoms with Crippen LogP contribution in [0.15, 0.2) is 12.1 Å². The van der Waals surface area contributed by atoms with E-state index in [4.69, 9.17) is 18.6 Å². The highest BCUT2D eigenvalue weighted by atomic mass is 28.2. The molecule has 158 valence electrons. The van der Waals surface area contributed by atoms with Crippen molar-refractivity contribution in [2.24, 2.45) is 0 Å². The number of rotatable bonds is 6. The van der Waals surface area contributed by atoms with Crippen LogP contribution in [0.2, 0.25) is 0 Å². The van der Waals surface area contributed by atoms with Crippen molar-refractivity contribution >= 4 is 22.6 Å². The van der Waals surface area contributed by atoms with Crippen molar-refractivity contribution < 1.29 is 18.6 Å². The van der Waals surface area contributed by atoms with Gasteiger partial charge in [-0.25, -0.2) is 0 Å². The van der Waals surface area contributed by atoms with Gasteiger partial charge in [-0.1, -0.05) is 32.9 Å². The average molecular weight is 415 g/mol. The molecule has 0 unspecified atom stereocenters. The molecular weight excluding hydrogens is 380 g/mol. The zero-order valence-electron chi connectivity index (χ0n) is 19.4. The largest absolute Gasteiger partial charge is 0.553 e. The maximum absolute atomic E-state index is 6.05. The van der Waals surface area contributed by atoms with Crippen LogP contribution in [0.4, 0.5) is 0 Å². The van der Waals surface area contributed by atoms with Crippen LogP contribution >= 0.6 is 0 Å². The Morgan fingerprint density at radius 1 is 0.759 bits per heavy atom. The molecule has 29 heavy (non-hydrogen) atoms. The number of ether oxygens (including phenoxy) is 3. The van der Waals surface area contributed by atoms with Crippen LogP contribution in [0.25, 0.3) is 12.2 Å². The van der Waals surface area contributed by atoms with Gasteiger partial charge in [0.2, 0.25) is 16.2 Å². The maximum Gasteiger partial charge on any atom is 0.204 e. The van der Waals surface area contributed by atoms with Gasteiger partial charge in [-0.05, 0) is 60.6 Å². The first-order valence-corrected chi connectivity index (χ1v) is 10.6. The van der Waals surface area contributed by atoms with E-state index in [1.165, 1.54) is 22.3 Å². The van der Waals surface area contributed by atoms with Crippen LogP contribution in [-0.2, 0) is 5.41 Å². The second kappa shape index (κ2) is 8.95. The Morgan fingerprint density at radius 3 is 1.72 bits per heavy atom. The summed E-state index contributed by atoms with van der Waals surface area (Å²) in [6.45, 7) is 13.3. The van der Waals surface area contributed by atoms with Gasteiger partial charge in [0.1, 0.15) is 5.75 Å². The number of methoxy groups -OCH3 is 3. The zero-order valence-corrected chi connectivity index (χ0v) is 21.4. The Labute approximate surface area is 178 Å². The van der Waals surface area contributed by atoms with Crippen molar-refractivity contribution in [3.8, 4) is 23.0 Å². The van der Waals surface area contributed by atoms with E-state index < -0.39 is 0 Å². The van der Waals surface area contributed by atoms with Crippen LogP contribution in [0, 0.1) is 20.8 Å². The second-order valence-corrected chi connectivity index (χ2v) is 8.65. The molecule has 0 N–H and O–H groups in total. The molecular formula is C24H34O4Si. The van der Waals surface area contributed by atoms with E-state index in [9.17, 15) is 0 Å². The number of hydrogen-bond acceptors (Lipinski definition) is 4. The molecule has 4 nitrogen and oxygen atoms in total. The van der Waals surface area contributed by atoms with Gasteiger partial charge in [-0.3, -0.25) is 0 Å². The highest BCUT2D eigenvalue weighted by molar-refractivity contribution is 6.01. The highest BCUT2D eigenvalue weighted by Gasteiger charge is 2.25. The first-order chi connectivity index (χ1) is 13.6. The third-order valence-corrected chi connectivity index (χ3v) is 5.87. The molecule has 0 fully saturated rings. The monoisotopic (exact) mass is 414 g/mol. The Balaban J connectivity index is 2.69. The topological polar surface area (TPSA) is 36.9 Å². The van der Waals surface area contributed by atoms with E-state index in [1.54, 1.807) is 21.3 Å². The average Bonchev–Trinajstić information content (AvgIpc) is 2.68. The minimum absolute atomic E-state index is 0.00255. The van der Waals surface area contributed by atoms with Crippen LogP contribution in [0.3, 0.4) is 0 Å². The van der Waals surface area contributed by atoms with Crippen molar-refractivity contribution in [1.82, 2.24) is 0 Å². The van der Waals surface area contributed by atoms with Crippen molar-refractivity contribution in [3.05, 3.63) is 45.5 Å². The van der Waals surface area contributed by atoms with E-state index in [2.05, 4.69) is 53.7 Å². The Bertz CT molecular complexity index is 899. The summed E-state index contributed by atoms with van der Waals surface area (Å²) in [5.41, 5.74) is 7.23. The van der Waals surface area contributed by atoms with Gasteiger partial charge in [-0.15, -0.1) is 0 Å². The Hall–Kier alpha value is -2.40. The van der Waals surface area contributed by atoms with Crippen molar-refractivity contribution in [1.29, 1.82) is 0 Å². The molecule has 0 aromatic heterocycles. The van der Waals surface area contributed by atoms with Gasteiger partial charge in [-0.2, -0.15) is 0 Å². The van der Waals surface area contributed by atoms with Gasteiger partial charge in [0, 0.05) is 11.1 Å². The van der Waals surface area contributed by atoms with Crippen LogP contribution in [-0.4, -0.2) is 31.8 Å². The van der Waals surface area contributed by atoms with E-state index in [0.717, 1.165) is 16.9 Å². The third kappa shape index (κ3) is 4.45. The molecule has 0 spiro atoms. The predicted molar refractivity (Wildman–Crippen MR) is 125 cm³/mol. The van der Waals surface area contributed by atoms with Gasteiger partial charge in [0.25, 0.3) is 0 Å². The number of benzene rings is 2. The zero-order chi connectivity index (χ0) is 21.9. The van der Waals surface area contributed by atoms with Crippen molar-refractivity contribution in [2.75, 3.05) is 21.3 Å². The van der Waals surface area contributed by atoms with E-state index in [0.29, 0.717) is 27.7 Å². The number of hydrogen-bond donors (Lipinski definition) is 0. The molecule has 0 bridgehead atoms. The smallest absolute Gasteiger partial charge is 0.204 e. The standard InChI is InChI=1S/C24H34O4Si/c1-14-15(2)18(22(28-29)21(16(14)3)24(4,5)6)11-10-17-12-19(25-7)23(27-9)20(13-17)26-8/h10-13H,1-9,29H3/b11-10-. The van der Waals surface area contributed by atoms with E-state index in [1.807, 2.05) is 12.1 Å². The lowest BCUT2D eigenvalue weighted by Crippen LogP contribution is -2.17. The SMILES string of the molecule is COc1cc(/C=C\c2c(C)c(C)c(C)c(C(C)(C)C)c2O[SiH3])cc(OC)c1OC. The summed E-state index contributed by atoms with van der Waals surface area (Å²) in [6, 6.07) is 3.89. The molecule has 0 radical (unpaired) electrons. The van der Waals surface area contributed by atoms with E-state index >= 15 is 0 Å². The van der Waals surface area contributed by atoms with Gasteiger partial charge in [0.05, 0.1) is 21.3 Å². The molecule has 0 aliphatic rings. The molecule has 0 saturated heterocycles. The molecule has 0 aliphatic heterocycles.